The maximum absolute atomic E-state index is 13.1. The van der Waals surface area contributed by atoms with Crippen molar-refractivity contribution in [3.63, 3.8) is 0 Å². The molecule has 0 radical (unpaired) electrons. The zero-order valence-corrected chi connectivity index (χ0v) is 24.3. The number of fused-ring (bicyclic) bond motifs is 1. The smallest absolute Gasteiger partial charge is 0.407 e. The fourth-order valence-corrected chi connectivity index (χ4v) is 4.22. The van der Waals surface area contributed by atoms with Crippen LogP contribution in [-0.4, -0.2) is 112 Å². The van der Waals surface area contributed by atoms with Crippen LogP contribution in [-0.2, 0) is 33.3 Å². The Kier molecular flexibility index (Phi) is 12.7. The van der Waals surface area contributed by atoms with E-state index in [0.717, 1.165) is 4.90 Å². The summed E-state index contributed by atoms with van der Waals surface area (Å²) in [6.45, 7) is 9.07. The maximum Gasteiger partial charge on any atom is 0.407 e. The van der Waals surface area contributed by atoms with Gasteiger partial charge in [0.2, 0.25) is 11.8 Å². The van der Waals surface area contributed by atoms with E-state index in [2.05, 4.69) is 16.0 Å². The first kappa shape index (κ1) is 32.9. The van der Waals surface area contributed by atoms with E-state index < -0.39 is 35.8 Å². The van der Waals surface area contributed by atoms with E-state index in [1.165, 1.54) is 0 Å². The Bertz CT molecular complexity index is 1120. The average Bonchev–Trinajstić information content (AvgIpc) is 3.17. The summed E-state index contributed by atoms with van der Waals surface area (Å²) in [5.74, 6) is -2.18. The summed E-state index contributed by atoms with van der Waals surface area (Å²) in [5, 5.41) is 7.99. The van der Waals surface area contributed by atoms with Crippen LogP contribution in [0.1, 0.15) is 54.3 Å². The molecule has 5 amide bonds. The number of carbonyl (C=O) groups excluding carboxylic acids is 5. The molecule has 14 heteroatoms. The van der Waals surface area contributed by atoms with Crippen LogP contribution in [0.25, 0.3) is 0 Å². The summed E-state index contributed by atoms with van der Waals surface area (Å²) in [6, 6.07) is 3.88. The highest BCUT2D eigenvalue weighted by Gasteiger charge is 2.45. The number of hydrogen-bond donors (Lipinski definition) is 3. The lowest BCUT2D eigenvalue weighted by Crippen LogP contribution is -2.54. The summed E-state index contributed by atoms with van der Waals surface area (Å²) in [6.07, 6.45) is -0.310. The molecule has 2 aliphatic rings. The fourth-order valence-electron chi connectivity index (χ4n) is 4.22. The molecule has 1 aromatic rings. The van der Waals surface area contributed by atoms with Crippen LogP contribution in [0.4, 0.5) is 10.5 Å². The molecule has 232 valence electrons. The van der Waals surface area contributed by atoms with Gasteiger partial charge >= 0.3 is 6.09 Å². The zero-order chi connectivity index (χ0) is 30.5. The Morgan fingerprint density at radius 1 is 0.881 bits per heavy atom. The average molecular weight is 593 g/mol. The molecule has 2 heterocycles. The van der Waals surface area contributed by atoms with Crippen LogP contribution in [0.3, 0.4) is 0 Å². The number of rotatable bonds is 17. The third-order valence-corrected chi connectivity index (χ3v) is 6.08. The van der Waals surface area contributed by atoms with Gasteiger partial charge in [0.25, 0.3) is 11.8 Å². The molecule has 1 unspecified atom stereocenters. The van der Waals surface area contributed by atoms with Crippen LogP contribution in [0.5, 0.6) is 0 Å². The van der Waals surface area contributed by atoms with Crippen molar-refractivity contribution in [2.24, 2.45) is 0 Å². The number of benzene rings is 1. The van der Waals surface area contributed by atoms with Crippen molar-refractivity contribution in [2.75, 3.05) is 71.3 Å². The predicted octanol–water partition coefficient (Wildman–Crippen LogP) is 1.09. The van der Waals surface area contributed by atoms with E-state index in [9.17, 15) is 24.0 Å². The molecule has 1 aromatic carbocycles. The molecular weight excluding hydrogens is 552 g/mol. The third-order valence-electron chi connectivity index (χ3n) is 6.08. The van der Waals surface area contributed by atoms with Gasteiger partial charge in [0, 0.05) is 24.2 Å². The lowest BCUT2D eigenvalue weighted by molar-refractivity contribution is -0.136. The molecule has 0 spiro atoms. The second kappa shape index (κ2) is 16.2. The Balaban J connectivity index is 1.21. The van der Waals surface area contributed by atoms with Gasteiger partial charge in [-0.1, -0.05) is 6.07 Å². The number of alkyl carbamates (subject to hydrolysis) is 1. The minimum atomic E-state index is -1.01. The highest BCUT2D eigenvalue weighted by atomic mass is 16.6. The van der Waals surface area contributed by atoms with Gasteiger partial charge in [0.1, 0.15) is 12.6 Å². The van der Waals surface area contributed by atoms with E-state index in [4.69, 9.17) is 23.7 Å². The van der Waals surface area contributed by atoms with Gasteiger partial charge in [0.15, 0.2) is 0 Å². The van der Waals surface area contributed by atoms with E-state index in [1.54, 1.807) is 18.2 Å². The zero-order valence-electron chi connectivity index (χ0n) is 24.3. The first-order chi connectivity index (χ1) is 20.1. The number of hydrogen-bond acceptors (Lipinski definition) is 11. The van der Waals surface area contributed by atoms with Gasteiger partial charge in [-0.2, -0.15) is 0 Å². The summed E-state index contributed by atoms with van der Waals surface area (Å²) < 4.78 is 26.8. The van der Waals surface area contributed by atoms with Crippen molar-refractivity contribution < 1.29 is 47.7 Å². The lowest BCUT2D eigenvalue weighted by Gasteiger charge is -2.27. The highest BCUT2D eigenvalue weighted by Crippen LogP contribution is 2.32. The van der Waals surface area contributed by atoms with Gasteiger partial charge in [-0.3, -0.25) is 29.4 Å². The highest BCUT2D eigenvalue weighted by molar-refractivity contribution is 6.25. The normalized spacial score (nSPS) is 16.8. The second-order valence-electron chi connectivity index (χ2n) is 10.6. The summed E-state index contributed by atoms with van der Waals surface area (Å²) in [7, 11) is 0. The Labute approximate surface area is 244 Å². The number of amides is 5. The predicted molar refractivity (Wildman–Crippen MR) is 149 cm³/mol. The minimum absolute atomic E-state index is 0.0651. The summed E-state index contributed by atoms with van der Waals surface area (Å²) >= 11 is 0. The molecule has 0 saturated carbocycles. The third kappa shape index (κ3) is 10.0. The van der Waals surface area contributed by atoms with Crippen LogP contribution < -0.4 is 16.0 Å². The standard InChI is InChI=1S/C28H40N4O10/c1-28(2,3)31-27(37)42-18-17-41-16-15-40-14-13-39-12-11-38-10-9-29-20-6-4-5-19-23(20)26(36)32(25(19)35)21-7-8-22(33)30-24(21)34/h4-6,21,29H,7-18H2,1-3H3,(H,31,37)(H,30,33,34). The van der Waals surface area contributed by atoms with Crippen LogP contribution in [0.15, 0.2) is 18.2 Å². The van der Waals surface area contributed by atoms with E-state index in [1.807, 2.05) is 20.8 Å². The van der Waals surface area contributed by atoms with Crippen molar-refractivity contribution >= 4 is 35.4 Å². The lowest BCUT2D eigenvalue weighted by atomic mass is 10.0. The largest absolute Gasteiger partial charge is 0.447 e. The fraction of sp³-hybridized carbons (Fsp3) is 0.607. The van der Waals surface area contributed by atoms with Gasteiger partial charge < -0.3 is 34.3 Å². The second-order valence-corrected chi connectivity index (χ2v) is 10.6. The minimum Gasteiger partial charge on any atom is -0.447 e. The number of ether oxygens (including phenoxy) is 5. The first-order valence-electron chi connectivity index (χ1n) is 13.9. The van der Waals surface area contributed by atoms with Gasteiger partial charge in [-0.25, -0.2) is 4.79 Å². The van der Waals surface area contributed by atoms with E-state index in [-0.39, 0.29) is 42.7 Å². The van der Waals surface area contributed by atoms with E-state index in [0.29, 0.717) is 58.5 Å². The summed E-state index contributed by atoms with van der Waals surface area (Å²) in [5.41, 5.74) is 0.546. The number of nitrogens with one attached hydrogen (secondary N) is 3. The molecular formula is C28H40N4O10. The first-order valence-corrected chi connectivity index (χ1v) is 13.9. The molecule has 1 fully saturated rings. The molecule has 42 heavy (non-hydrogen) atoms. The molecule has 0 aromatic heterocycles. The molecule has 0 bridgehead atoms. The number of anilines is 1. The molecule has 2 aliphatic heterocycles. The number of carbonyl (C=O) groups is 5. The Morgan fingerprint density at radius 2 is 1.48 bits per heavy atom. The number of imide groups is 2. The summed E-state index contributed by atoms with van der Waals surface area (Å²) in [4.78, 5) is 62.1. The topological polar surface area (TPSA) is 171 Å². The van der Waals surface area contributed by atoms with Crippen molar-refractivity contribution in [1.29, 1.82) is 0 Å². The Hall–Kier alpha value is -3.59. The van der Waals surface area contributed by atoms with Gasteiger partial charge in [-0.15, -0.1) is 0 Å². The van der Waals surface area contributed by atoms with Crippen LogP contribution in [0, 0.1) is 0 Å². The van der Waals surface area contributed by atoms with Gasteiger partial charge in [0.05, 0.1) is 64.0 Å². The van der Waals surface area contributed by atoms with Crippen molar-refractivity contribution in [3.8, 4) is 0 Å². The molecule has 0 aliphatic carbocycles. The molecule has 1 atom stereocenters. The van der Waals surface area contributed by atoms with Crippen LogP contribution in [0.2, 0.25) is 0 Å². The van der Waals surface area contributed by atoms with Gasteiger partial charge in [-0.05, 0) is 39.3 Å². The molecule has 14 nitrogen and oxygen atoms in total. The number of nitrogens with zero attached hydrogens (tertiary/aromatic N) is 1. The van der Waals surface area contributed by atoms with Crippen molar-refractivity contribution in [1.82, 2.24) is 15.5 Å². The maximum atomic E-state index is 13.1. The molecule has 1 saturated heterocycles. The SMILES string of the molecule is CC(C)(C)NC(=O)OCCOCCOCCOCCOCCNc1cccc2c1C(=O)N(C1CCC(=O)NC1=O)C2=O. The molecule has 3 N–H and O–H groups in total. The monoisotopic (exact) mass is 592 g/mol. The van der Waals surface area contributed by atoms with Crippen LogP contribution >= 0.6 is 0 Å². The molecule has 3 rings (SSSR count). The van der Waals surface area contributed by atoms with Crippen molar-refractivity contribution in [3.05, 3.63) is 29.3 Å². The Morgan fingerprint density at radius 3 is 2.07 bits per heavy atom. The van der Waals surface area contributed by atoms with E-state index >= 15 is 0 Å². The van der Waals surface area contributed by atoms with Crippen molar-refractivity contribution in [2.45, 2.75) is 45.2 Å². The number of piperidine rings is 1. The quantitative estimate of drug-likeness (QED) is 0.175.